The van der Waals surface area contributed by atoms with Crippen LogP contribution in [0.15, 0.2) is 47.1 Å². The van der Waals surface area contributed by atoms with Gasteiger partial charge in [0, 0.05) is 31.9 Å². The first kappa shape index (κ1) is 13.5. The summed E-state index contributed by atoms with van der Waals surface area (Å²) >= 11 is 0. The topological polar surface area (TPSA) is 37.6 Å². The Labute approximate surface area is 114 Å². The summed E-state index contributed by atoms with van der Waals surface area (Å²) in [7, 11) is 3.76. The molecule has 0 saturated heterocycles. The van der Waals surface area contributed by atoms with Crippen LogP contribution in [0.1, 0.15) is 5.76 Å². The summed E-state index contributed by atoms with van der Waals surface area (Å²) in [6.07, 6.45) is 1.69. The second-order valence-electron chi connectivity index (χ2n) is 4.38. The fourth-order valence-electron chi connectivity index (χ4n) is 1.85. The molecule has 0 aliphatic rings. The first-order valence-electron chi connectivity index (χ1n) is 6.38. The van der Waals surface area contributed by atoms with Gasteiger partial charge >= 0.3 is 0 Å². The van der Waals surface area contributed by atoms with Gasteiger partial charge in [-0.1, -0.05) is 6.07 Å². The van der Waals surface area contributed by atoms with Crippen LogP contribution in [0.5, 0.6) is 5.75 Å². The lowest BCUT2D eigenvalue weighted by atomic mass is 10.3. The predicted octanol–water partition coefficient (Wildman–Crippen LogP) is 2.51. The number of likely N-dealkylation sites (N-methyl/N-ethyl adjacent to an activating group) is 1. The lowest BCUT2D eigenvalue weighted by molar-refractivity contribution is 0.415. The molecule has 0 fully saturated rings. The first-order valence-corrected chi connectivity index (χ1v) is 6.38. The molecule has 1 aromatic carbocycles. The van der Waals surface area contributed by atoms with Crippen molar-refractivity contribution in [2.45, 2.75) is 6.54 Å². The maximum absolute atomic E-state index is 5.26. The van der Waals surface area contributed by atoms with Gasteiger partial charge < -0.3 is 19.4 Å². The molecule has 0 atom stereocenters. The van der Waals surface area contributed by atoms with Gasteiger partial charge in [0.15, 0.2) is 0 Å². The number of hydrogen-bond acceptors (Lipinski definition) is 4. The molecule has 0 amide bonds. The van der Waals surface area contributed by atoms with Crippen LogP contribution in [0, 0.1) is 0 Å². The molecule has 0 unspecified atom stereocenters. The molecular formula is C15H20N2O2. The molecule has 102 valence electrons. The molecule has 0 aliphatic carbocycles. The van der Waals surface area contributed by atoms with Crippen LogP contribution in [0.3, 0.4) is 0 Å². The summed E-state index contributed by atoms with van der Waals surface area (Å²) in [5.74, 6) is 1.84. The molecule has 0 bridgehead atoms. The van der Waals surface area contributed by atoms with E-state index in [-0.39, 0.29) is 0 Å². The van der Waals surface area contributed by atoms with E-state index in [0.29, 0.717) is 0 Å². The van der Waals surface area contributed by atoms with E-state index in [4.69, 9.17) is 9.15 Å². The Hall–Kier alpha value is -1.94. The quantitative estimate of drug-likeness (QED) is 0.776. The number of anilines is 1. The van der Waals surface area contributed by atoms with Gasteiger partial charge in [-0.15, -0.1) is 0 Å². The summed E-state index contributed by atoms with van der Waals surface area (Å²) < 4.78 is 10.5. The average Bonchev–Trinajstić information content (AvgIpc) is 2.96. The summed E-state index contributed by atoms with van der Waals surface area (Å²) in [6.45, 7) is 2.58. The third-order valence-electron chi connectivity index (χ3n) is 3.00. The third kappa shape index (κ3) is 4.03. The van der Waals surface area contributed by atoms with Crippen LogP contribution in [0.4, 0.5) is 5.69 Å². The Morgan fingerprint density at radius 1 is 1.26 bits per heavy atom. The molecule has 0 aliphatic heterocycles. The largest absolute Gasteiger partial charge is 0.497 e. The smallest absolute Gasteiger partial charge is 0.120 e. The van der Waals surface area contributed by atoms with Crippen molar-refractivity contribution in [3.05, 3.63) is 48.4 Å². The highest BCUT2D eigenvalue weighted by Crippen LogP contribution is 2.19. The van der Waals surface area contributed by atoms with Crippen molar-refractivity contribution in [1.82, 2.24) is 5.32 Å². The van der Waals surface area contributed by atoms with Crippen LogP contribution in [-0.4, -0.2) is 27.2 Å². The molecule has 1 aromatic heterocycles. The SMILES string of the molecule is COc1cccc(N(C)CCNCc2ccco2)c1. The zero-order valence-corrected chi connectivity index (χ0v) is 11.4. The van der Waals surface area contributed by atoms with Crippen molar-refractivity contribution in [2.24, 2.45) is 0 Å². The molecular weight excluding hydrogens is 240 g/mol. The van der Waals surface area contributed by atoms with E-state index in [9.17, 15) is 0 Å². The normalized spacial score (nSPS) is 10.4. The molecule has 4 heteroatoms. The molecule has 0 radical (unpaired) electrons. The highest BCUT2D eigenvalue weighted by Gasteiger charge is 2.02. The minimum absolute atomic E-state index is 0.763. The number of nitrogens with zero attached hydrogens (tertiary/aromatic N) is 1. The number of hydrogen-bond donors (Lipinski definition) is 1. The van der Waals surface area contributed by atoms with E-state index < -0.39 is 0 Å². The van der Waals surface area contributed by atoms with Gasteiger partial charge in [-0.2, -0.15) is 0 Å². The second-order valence-corrected chi connectivity index (χ2v) is 4.38. The van der Waals surface area contributed by atoms with Gasteiger partial charge in [0.2, 0.25) is 0 Å². The van der Waals surface area contributed by atoms with Crippen molar-refractivity contribution in [3.8, 4) is 5.75 Å². The van der Waals surface area contributed by atoms with Crippen molar-refractivity contribution >= 4 is 5.69 Å². The molecule has 0 spiro atoms. The molecule has 1 heterocycles. The zero-order chi connectivity index (χ0) is 13.5. The van der Waals surface area contributed by atoms with Crippen LogP contribution < -0.4 is 15.0 Å². The molecule has 1 N–H and O–H groups in total. The van der Waals surface area contributed by atoms with Crippen molar-refractivity contribution in [2.75, 3.05) is 32.1 Å². The fourth-order valence-corrected chi connectivity index (χ4v) is 1.85. The zero-order valence-electron chi connectivity index (χ0n) is 11.4. The highest BCUT2D eigenvalue weighted by atomic mass is 16.5. The van der Waals surface area contributed by atoms with Gasteiger partial charge in [-0.25, -0.2) is 0 Å². The number of furan rings is 1. The maximum Gasteiger partial charge on any atom is 0.120 e. The lowest BCUT2D eigenvalue weighted by Gasteiger charge is -2.20. The monoisotopic (exact) mass is 260 g/mol. The van der Waals surface area contributed by atoms with E-state index in [2.05, 4.69) is 23.3 Å². The number of benzene rings is 1. The van der Waals surface area contributed by atoms with E-state index in [1.54, 1.807) is 13.4 Å². The minimum atomic E-state index is 0.763. The number of rotatable bonds is 7. The van der Waals surface area contributed by atoms with E-state index in [0.717, 1.165) is 36.8 Å². The fraction of sp³-hybridized carbons (Fsp3) is 0.333. The average molecular weight is 260 g/mol. The van der Waals surface area contributed by atoms with E-state index in [1.807, 2.05) is 30.3 Å². The Balaban J connectivity index is 1.75. The van der Waals surface area contributed by atoms with Crippen molar-refractivity contribution in [3.63, 3.8) is 0 Å². The Kier molecular flexibility index (Phi) is 4.86. The number of methoxy groups -OCH3 is 1. The summed E-state index contributed by atoms with van der Waals surface area (Å²) in [6, 6.07) is 11.9. The van der Waals surface area contributed by atoms with Gasteiger partial charge in [-0.3, -0.25) is 0 Å². The molecule has 2 rings (SSSR count). The minimum Gasteiger partial charge on any atom is -0.497 e. The number of nitrogens with one attached hydrogen (secondary N) is 1. The van der Waals surface area contributed by atoms with Crippen LogP contribution in [0.2, 0.25) is 0 Å². The third-order valence-corrected chi connectivity index (χ3v) is 3.00. The first-order chi connectivity index (χ1) is 9.29. The predicted molar refractivity (Wildman–Crippen MR) is 76.7 cm³/mol. The van der Waals surface area contributed by atoms with E-state index >= 15 is 0 Å². The van der Waals surface area contributed by atoms with Gasteiger partial charge in [0.25, 0.3) is 0 Å². The molecule has 19 heavy (non-hydrogen) atoms. The Morgan fingerprint density at radius 3 is 2.89 bits per heavy atom. The van der Waals surface area contributed by atoms with Gasteiger partial charge in [0.05, 0.1) is 19.9 Å². The Morgan fingerprint density at radius 2 is 2.16 bits per heavy atom. The Bertz CT molecular complexity index is 483. The number of ether oxygens (including phenoxy) is 1. The van der Waals surface area contributed by atoms with Crippen LogP contribution in [0.25, 0.3) is 0 Å². The summed E-state index contributed by atoms with van der Waals surface area (Å²) in [5.41, 5.74) is 1.15. The molecule has 0 saturated carbocycles. The summed E-state index contributed by atoms with van der Waals surface area (Å²) in [5, 5.41) is 3.35. The summed E-state index contributed by atoms with van der Waals surface area (Å²) in [4.78, 5) is 2.19. The van der Waals surface area contributed by atoms with Gasteiger partial charge in [-0.05, 0) is 24.3 Å². The van der Waals surface area contributed by atoms with Crippen molar-refractivity contribution in [1.29, 1.82) is 0 Å². The molecule has 4 nitrogen and oxygen atoms in total. The highest BCUT2D eigenvalue weighted by molar-refractivity contribution is 5.50. The second kappa shape index (κ2) is 6.85. The lowest BCUT2D eigenvalue weighted by Crippen LogP contribution is -2.28. The van der Waals surface area contributed by atoms with Crippen LogP contribution >= 0.6 is 0 Å². The molecule has 2 aromatic rings. The standard InChI is InChI=1S/C15H20N2O2/c1-17(13-5-3-6-14(11-13)18-2)9-8-16-12-15-7-4-10-19-15/h3-7,10-11,16H,8-9,12H2,1-2H3. The van der Waals surface area contributed by atoms with Crippen LogP contribution in [-0.2, 0) is 6.54 Å². The van der Waals surface area contributed by atoms with Crippen molar-refractivity contribution < 1.29 is 9.15 Å². The maximum atomic E-state index is 5.26. The van der Waals surface area contributed by atoms with E-state index in [1.165, 1.54) is 0 Å². The van der Waals surface area contributed by atoms with Gasteiger partial charge in [0.1, 0.15) is 11.5 Å².